The summed E-state index contributed by atoms with van der Waals surface area (Å²) in [4.78, 5) is 60.6. The molecule has 360 valence electrons. The summed E-state index contributed by atoms with van der Waals surface area (Å²) in [7, 11) is -5.71. The number of methoxy groups -OCH3 is 2. The smallest absolute Gasteiger partial charge is 0.343 e. The first-order valence-corrected chi connectivity index (χ1v) is 23.6. The summed E-state index contributed by atoms with van der Waals surface area (Å²) < 4.78 is 113. The molecule has 2 saturated heterocycles. The van der Waals surface area contributed by atoms with Crippen molar-refractivity contribution in [2.75, 3.05) is 63.4 Å². The summed E-state index contributed by atoms with van der Waals surface area (Å²) in [5.74, 6) is -8.09. The van der Waals surface area contributed by atoms with Gasteiger partial charge in [0.05, 0.1) is 61.9 Å². The van der Waals surface area contributed by atoms with Gasteiger partial charge in [-0.25, -0.2) is 39.6 Å². The van der Waals surface area contributed by atoms with E-state index >= 15 is 0 Å². The number of esters is 2. The molecular weight excluding hydrogens is 965 g/mol. The number of rotatable bonds is 16. The van der Waals surface area contributed by atoms with Gasteiger partial charge in [0.15, 0.2) is 11.6 Å². The largest absolute Gasteiger partial charge is 0.480 e. The molecule has 0 unspecified atom stereocenters. The maximum absolute atomic E-state index is 13.8. The van der Waals surface area contributed by atoms with Crippen LogP contribution in [0.1, 0.15) is 56.8 Å². The van der Waals surface area contributed by atoms with Crippen molar-refractivity contribution in [2.24, 2.45) is 11.8 Å². The quantitative estimate of drug-likeness (QED) is 0.152. The topological polar surface area (TPSA) is 277 Å². The Bertz CT molecular complexity index is 2750. The fourth-order valence-electron chi connectivity index (χ4n) is 6.51. The molecule has 4 aromatic rings. The van der Waals surface area contributed by atoms with Gasteiger partial charge in [0.1, 0.15) is 40.7 Å². The average molecular weight is 1010 g/mol. The van der Waals surface area contributed by atoms with Crippen LogP contribution in [0.4, 0.5) is 24.8 Å². The zero-order valence-corrected chi connectivity index (χ0v) is 38.7. The van der Waals surface area contributed by atoms with E-state index in [0.717, 1.165) is 24.3 Å². The fraction of sp³-hybridized carbons (Fsp3) is 0.333. The van der Waals surface area contributed by atoms with E-state index in [0.29, 0.717) is 6.07 Å². The van der Waals surface area contributed by atoms with Crippen LogP contribution in [0.15, 0.2) is 48.5 Å². The minimum Gasteiger partial charge on any atom is -0.480 e. The molecule has 2 N–H and O–H groups in total. The number of hydrogen-bond donors (Lipinski definition) is 2. The third-order valence-electron chi connectivity index (χ3n) is 9.89. The highest BCUT2D eigenvalue weighted by Crippen LogP contribution is 2.33. The van der Waals surface area contributed by atoms with E-state index in [1.165, 1.54) is 32.4 Å². The molecule has 2 amide bonds. The van der Waals surface area contributed by atoms with Gasteiger partial charge in [0, 0.05) is 42.8 Å². The first-order valence-electron chi connectivity index (χ1n) is 20.0. The van der Waals surface area contributed by atoms with Gasteiger partial charge in [0.25, 0.3) is 0 Å². The maximum atomic E-state index is 13.8. The Morgan fingerprint density at radius 3 is 1.46 bits per heavy atom. The molecule has 4 heterocycles. The number of nitrogens with one attached hydrogen (secondary N) is 2. The van der Waals surface area contributed by atoms with Crippen LogP contribution in [0.25, 0.3) is 0 Å². The molecule has 0 aliphatic carbocycles. The molecular formula is C42H40ClF3N8O12S2. The Morgan fingerprint density at radius 2 is 1.09 bits per heavy atom. The van der Waals surface area contributed by atoms with Gasteiger partial charge in [-0.3, -0.25) is 19.0 Å². The molecule has 2 aliphatic rings. The van der Waals surface area contributed by atoms with Crippen molar-refractivity contribution >= 4 is 67.0 Å². The van der Waals surface area contributed by atoms with E-state index in [1.54, 1.807) is 23.6 Å². The summed E-state index contributed by atoms with van der Waals surface area (Å²) in [6, 6.07) is 12.2. The van der Waals surface area contributed by atoms with Crippen LogP contribution in [-0.4, -0.2) is 104 Å². The summed E-state index contributed by atoms with van der Waals surface area (Å²) in [6.07, 6.45) is 0. The predicted octanol–water partition coefficient (Wildman–Crippen LogP) is 3.51. The lowest BCUT2D eigenvalue weighted by Gasteiger charge is -2.39. The molecule has 0 bridgehead atoms. The standard InChI is InChI=1S/C21H20ClFN4O6S.C21H20F2N4O6S/c1-3-33-21(29)16-6-13(8-24)18(25-20(16)32-2)27-9-14(10-27)19(28)26-34(30,31)11-12-4-5-15(23)7-17(12)22;1-3-33-21(29)16-6-13(8-24)18(25-20(16)32-2)27-9-14(10-27)19(28)26-34(30,31)11-12-4-5-15(22)7-17(12)23/h2*4-7,14H,3,9-11H2,1-2H3,(H,26,28). The van der Waals surface area contributed by atoms with Gasteiger partial charge in [0.2, 0.25) is 43.6 Å². The number of sulfonamides is 2. The summed E-state index contributed by atoms with van der Waals surface area (Å²) in [5, 5.41) is 18.9. The molecule has 0 atom stereocenters. The number of carbonyl (C=O) groups excluding carboxylic acids is 4. The van der Waals surface area contributed by atoms with Crippen LogP contribution in [0, 0.1) is 51.9 Å². The number of nitrogens with zero attached hydrogens (tertiary/aromatic N) is 6. The molecule has 26 heteroatoms. The van der Waals surface area contributed by atoms with Crippen LogP contribution < -0.4 is 28.7 Å². The highest BCUT2D eigenvalue weighted by molar-refractivity contribution is 7.89. The fourth-order valence-corrected chi connectivity index (χ4v) is 9.22. The van der Waals surface area contributed by atoms with Gasteiger partial charge >= 0.3 is 11.9 Å². The second-order valence-electron chi connectivity index (χ2n) is 14.6. The zero-order valence-electron chi connectivity index (χ0n) is 36.3. The molecule has 6 rings (SSSR count). The first-order chi connectivity index (χ1) is 32.2. The SMILES string of the molecule is CCOC(=O)c1cc(C#N)c(N2CC(C(=O)NS(=O)(=O)Cc3ccc(F)cc3Cl)C2)nc1OC.CCOC(=O)c1cc(C#N)c(N2CC(C(=O)NS(=O)(=O)Cc3ccc(F)cc3F)C2)nc1OC. The van der Waals surface area contributed by atoms with Gasteiger partial charge in [-0.05, 0) is 49.7 Å². The number of amides is 2. The van der Waals surface area contributed by atoms with Crippen LogP contribution in [-0.2, 0) is 50.6 Å². The van der Waals surface area contributed by atoms with Crippen molar-refractivity contribution in [3.8, 4) is 23.9 Å². The lowest BCUT2D eigenvalue weighted by molar-refractivity contribution is -0.124. The van der Waals surface area contributed by atoms with E-state index in [9.17, 15) is 59.7 Å². The van der Waals surface area contributed by atoms with Crippen molar-refractivity contribution in [3.05, 3.63) is 104 Å². The maximum Gasteiger partial charge on any atom is 0.343 e. The van der Waals surface area contributed by atoms with Crippen LogP contribution >= 0.6 is 11.6 Å². The molecule has 0 saturated carbocycles. The Labute approximate surface area is 392 Å². The monoisotopic (exact) mass is 1000 g/mol. The van der Waals surface area contributed by atoms with Gasteiger partial charge < -0.3 is 28.7 Å². The average Bonchev–Trinajstić information content (AvgIpc) is 3.24. The van der Waals surface area contributed by atoms with E-state index in [1.807, 2.05) is 21.6 Å². The van der Waals surface area contributed by atoms with Gasteiger partial charge in [-0.2, -0.15) is 20.5 Å². The Kier molecular flexibility index (Phi) is 16.8. The molecule has 2 aromatic carbocycles. The highest BCUT2D eigenvalue weighted by Gasteiger charge is 2.39. The van der Waals surface area contributed by atoms with Crippen molar-refractivity contribution in [2.45, 2.75) is 25.4 Å². The van der Waals surface area contributed by atoms with Gasteiger partial charge in [-0.1, -0.05) is 23.7 Å². The second kappa shape index (κ2) is 22.1. The Hall–Kier alpha value is -7.22. The molecule has 0 radical (unpaired) electrons. The first kappa shape index (κ1) is 51.8. The van der Waals surface area contributed by atoms with E-state index in [4.69, 9.17) is 30.5 Å². The number of ether oxygens (including phenoxy) is 4. The normalized spacial score (nSPS) is 13.6. The van der Waals surface area contributed by atoms with E-state index in [-0.39, 0.29) is 101 Å². The van der Waals surface area contributed by atoms with Crippen molar-refractivity contribution < 1.29 is 68.1 Å². The number of benzene rings is 2. The van der Waals surface area contributed by atoms with Crippen molar-refractivity contribution in [1.29, 1.82) is 10.5 Å². The third-order valence-corrected chi connectivity index (χ3v) is 12.6. The molecule has 68 heavy (non-hydrogen) atoms. The predicted molar refractivity (Wildman–Crippen MR) is 234 cm³/mol. The number of pyridine rings is 2. The lowest BCUT2D eigenvalue weighted by atomic mass is 9.98. The molecule has 2 fully saturated rings. The lowest BCUT2D eigenvalue weighted by Crippen LogP contribution is -2.55. The number of halogens is 4. The van der Waals surface area contributed by atoms with E-state index < -0.39 is 84.6 Å². The van der Waals surface area contributed by atoms with Crippen molar-refractivity contribution in [3.63, 3.8) is 0 Å². The van der Waals surface area contributed by atoms with Crippen molar-refractivity contribution in [1.82, 2.24) is 19.4 Å². The molecule has 20 nitrogen and oxygen atoms in total. The summed E-state index contributed by atoms with van der Waals surface area (Å²) in [5.41, 5.74) is -0.0594. The number of nitriles is 2. The second-order valence-corrected chi connectivity index (χ2v) is 18.5. The number of hydrogen-bond acceptors (Lipinski definition) is 18. The highest BCUT2D eigenvalue weighted by atomic mass is 35.5. The molecule has 0 spiro atoms. The zero-order chi connectivity index (χ0) is 50.1. The Balaban J connectivity index is 0.000000254. The Morgan fingerprint density at radius 1 is 0.691 bits per heavy atom. The minimum absolute atomic E-state index is 0.00925. The van der Waals surface area contributed by atoms with Crippen LogP contribution in [0.2, 0.25) is 5.02 Å². The number of carbonyl (C=O) groups is 4. The number of anilines is 2. The van der Waals surface area contributed by atoms with E-state index in [2.05, 4.69) is 9.97 Å². The van der Waals surface area contributed by atoms with Crippen LogP contribution in [0.3, 0.4) is 0 Å². The molecule has 2 aliphatic heterocycles. The third kappa shape index (κ3) is 12.6. The summed E-state index contributed by atoms with van der Waals surface area (Å²) in [6.45, 7) is 3.75. The van der Waals surface area contributed by atoms with Gasteiger partial charge in [-0.15, -0.1) is 0 Å². The van der Waals surface area contributed by atoms with Crippen LogP contribution in [0.5, 0.6) is 11.8 Å². The number of aromatic nitrogens is 2. The molecule has 2 aromatic heterocycles. The minimum atomic E-state index is -4.24. The summed E-state index contributed by atoms with van der Waals surface area (Å²) >= 11 is 5.87.